The molecule has 3 fully saturated rings. The van der Waals surface area contributed by atoms with E-state index in [2.05, 4.69) is 22.4 Å². The molecule has 0 atom stereocenters. The molecule has 3 aliphatic rings. The van der Waals surface area contributed by atoms with Crippen LogP contribution in [0, 0.1) is 0 Å². The van der Waals surface area contributed by atoms with Crippen molar-refractivity contribution in [1.82, 2.24) is 5.32 Å². The summed E-state index contributed by atoms with van der Waals surface area (Å²) in [5.41, 5.74) is 0.369. The van der Waals surface area contributed by atoms with Gasteiger partial charge in [-0.3, -0.25) is 4.79 Å². The predicted octanol–water partition coefficient (Wildman–Crippen LogP) is 2.14. The summed E-state index contributed by atoms with van der Waals surface area (Å²) in [6, 6.07) is 10.2. The number of ketones is 1. The van der Waals surface area contributed by atoms with Gasteiger partial charge in [0.25, 0.3) is 0 Å². The Morgan fingerprint density at radius 3 is 2.45 bits per heavy atom. The third-order valence-corrected chi connectivity index (χ3v) is 4.82. The topological polar surface area (TPSA) is 58.5 Å². The van der Waals surface area contributed by atoms with Crippen LogP contribution in [0.3, 0.4) is 0 Å². The van der Waals surface area contributed by atoms with Crippen LogP contribution in [0.4, 0.5) is 0 Å². The van der Waals surface area contributed by atoms with E-state index < -0.39 is 5.54 Å². The molecule has 0 heterocycles. The second-order valence-electron chi connectivity index (χ2n) is 5.95. The molecule has 4 heteroatoms. The summed E-state index contributed by atoms with van der Waals surface area (Å²) in [6.45, 7) is 0.776. The highest BCUT2D eigenvalue weighted by molar-refractivity contribution is 5.92. The van der Waals surface area contributed by atoms with Crippen LogP contribution in [0.15, 0.2) is 35.3 Å². The number of aliphatic imine (C=N–C) groups is 1. The molecule has 0 spiro atoms. The maximum Gasteiger partial charge on any atom is 0.235 e. The molecule has 0 aromatic heterocycles. The Kier molecular flexibility index (Phi) is 3.28. The fourth-order valence-corrected chi connectivity index (χ4v) is 3.46. The molecule has 1 N–H and O–H groups in total. The highest BCUT2D eigenvalue weighted by Gasteiger charge is 2.54. The summed E-state index contributed by atoms with van der Waals surface area (Å²) in [6.07, 6.45) is 5.20. The number of Topliss-reactive ketones (excluding diaryl/α,β-unsaturated/α-hetero) is 1. The SMILES string of the molecule is O=C=NC12CCC(NCc3ccccc3)(CC1)CC2=O. The minimum atomic E-state index is -0.752. The summed E-state index contributed by atoms with van der Waals surface area (Å²) in [7, 11) is 0. The smallest absolute Gasteiger partial charge is 0.235 e. The van der Waals surface area contributed by atoms with Crippen molar-refractivity contribution < 1.29 is 9.59 Å². The molecule has 1 aromatic rings. The maximum absolute atomic E-state index is 12.3. The molecule has 2 bridgehead atoms. The molecule has 104 valence electrons. The lowest BCUT2D eigenvalue weighted by molar-refractivity contribution is -0.132. The van der Waals surface area contributed by atoms with Gasteiger partial charge in [0.2, 0.25) is 6.08 Å². The van der Waals surface area contributed by atoms with Gasteiger partial charge < -0.3 is 5.32 Å². The number of benzene rings is 1. The highest BCUT2D eigenvalue weighted by Crippen LogP contribution is 2.46. The second-order valence-corrected chi connectivity index (χ2v) is 5.95. The lowest BCUT2D eigenvalue weighted by Crippen LogP contribution is -2.61. The van der Waals surface area contributed by atoms with Crippen molar-refractivity contribution in [2.45, 2.75) is 49.7 Å². The predicted molar refractivity (Wildman–Crippen MR) is 75.0 cm³/mol. The summed E-state index contributed by atoms with van der Waals surface area (Å²) >= 11 is 0. The van der Waals surface area contributed by atoms with Crippen molar-refractivity contribution in [3.63, 3.8) is 0 Å². The van der Waals surface area contributed by atoms with Crippen LogP contribution < -0.4 is 5.32 Å². The van der Waals surface area contributed by atoms with Gasteiger partial charge >= 0.3 is 0 Å². The first-order valence-electron chi connectivity index (χ1n) is 7.09. The van der Waals surface area contributed by atoms with Crippen molar-refractivity contribution in [3.8, 4) is 0 Å². The van der Waals surface area contributed by atoms with Crippen molar-refractivity contribution in [1.29, 1.82) is 0 Å². The van der Waals surface area contributed by atoms with Crippen LogP contribution in [0.2, 0.25) is 0 Å². The zero-order valence-electron chi connectivity index (χ0n) is 11.4. The molecular formula is C16H18N2O2. The lowest BCUT2D eigenvalue weighted by atomic mass is 9.61. The number of hydrogen-bond acceptors (Lipinski definition) is 4. The van der Waals surface area contributed by atoms with Crippen molar-refractivity contribution in [2.24, 2.45) is 4.99 Å². The summed E-state index contributed by atoms with van der Waals surface area (Å²) in [5, 5.41) is 3.57. The highest BCUT2D eigenvalue weighted by atomic mass is 16.1. The number of isocyanates is 1. The molecule has 20 heavy (non-hydrogen) atoms. The second kappa shape index (κ2) is 4.97. The first-order chi connectivity index (χ1) is 9.68. The Bertz CT molecular complexity index is 553. The van der Waals surface area contributed by atoms with E-state index in [1.807, 2.05) is 18.2 Å². The number of carbonyl (C=O) groups is 1. The number of rotatable bonds is 4. The average molecular weight is 270 g/mol. The quantitative estimate of drug-likeness (QED) is 0.673. The van der Waals surface area contributed by atoms with Crippen LogP contribution in [-0.4, -0.2) is 22.9 Å². The Morgan fingerprint density at radius 1 is 1.15 bits per heavy atom. The van der Waals surface area contributed by atoms with Gasteiger partial charge in [0.15, 0.2) is 5.78 Å². The summed E-state index contributed by atoms with van der Waals surface area (Å²) < 4.78 is 0. The largest absolute Gasteiger partial charge is 0.307 e. The Morgan fingerprint density at radius 2 is 1.85 bits per heavy atom. The molecule has 0 aliphatic heterocycles. The van der Waals surface area contributed by atoms with Gasteiger partial charge in [-0.15, -0.1) is 0 Å². The molecule has 0 unspecified atom stereocenters. The zero-order chi connectivity index (χ0) is 14.1. The van der Waals surface area contributed by atoms with Crippen molar-refractivity contribution >= 4 is 11.9 Å². The van der Waals surface area contributed by atoms with E-state index in [1.165, 1.54) is 5.56 Å². The molecule has 3 aliphatic carbocycles. The zero-order valence-corrected chi connectivity index (χ0v) is 11.4. The first-order valence-corrected chi connectivity index (χ1v) is 7.09. The fourth-order valence-electron chi connectivity index (χ4n) is 3.46. The molecule has 4 nitrogen and oxygen atoms in total. The van der Waals surface area contributed by atoms with E-state index >= 15 is 0 Å². The van der Waals surface area contributed by atoms with Crippen LogP contribution in [0.5, 0.6) is 0 Å². The molecule has 0 radical (unpaired) electrons. The number of nitrogens with one attached hydrogen (secondary N) is 1. The fraction of sp³-hybridized carbons (Fsp3) is 0.500. The van der Waals surface area contributed by atoms with E-state index in [-0.39, 0.29) is 11.3 Å². The molecular weight excluding hydrogens is 252 g/mol. The normalized spacial score (nSPS) is 31.9. The molecule has 3 saturated carbocycles. The molecule has 0 saturated heterocycles. The van der Waals surface area contributed by atoms with Crippen LogP contribution in [0.25, 0.3) is 0 Å². The maximum atomic E-state index is 12.3. The minimum Gasteiger partial charge on any atom is -0.307 e. The third-order valence-electron chi connectivity index (χ3n) is 4.82. The van der Waals surface area contributed by atoms with E-state index in [9.17, 15) is 9.59 Å². The van der Waals surface area contributed by atoms with Crippen molar-refractivity contribution in [3.05, 3.63) is 35.9 Å². The number of carbonyl (C=O) groups excluding carboxylic acids is 2. The van der Waals surface area contributed by atoms with E-state index in [0.717, 1.165) is 19.4 Å². The molecule has 4 rings (SSSR count). The Balaban J connectivity index is 1.70. The lowest BCUT2D eigenvalue weighted by Gasteiger charge is -2.50. The van der Waals surface area contributed by atoms with Gasteiger partial charge in [-0.25, -0.2) is 4.79 Å². The van der Waals surface area contributed by atoms with Gasteiger partial charge in [-0.1, -0.05) is 30.3 Å². The van der Waals surface area contributed by atoms with Crippen molar-refractivity contribution in [2.75, 3.05) is 0 Å². The van der Waals surface area contributed by atoms with Gasteiger partial charge in [0.1, 0.15) is 5.54 Å². The van der Waals surface area contributed by atoms with Crippen LogP contribution in [0.1, 0.15) is 37.7 Å². The van der Waals surface area contributed by atoms with Gasteiger partial charge in [-0.2, -0.15) is 4.99 Å². The first kappa shape index (κ1) is 13.2. The molecule has 1 aromatic carbocycles. The van der Waals surface area contributed by atoms with E-state index in [1.54, 1.807) is 6.08 Å². The Hall–Kier alpha value is -1.77. The van der Waals surface area contributed by atoms with E-state index in [4.69, 9.17) is 0 Å². The summed E-state index contributed by atoms with van der Waals surface area (Å²) in [5.74, 6) is 0.0962. The number of fused-ring (bicyclic) bond motifs is 3. The van der Waals surface area contributed by atoms with Gasteiger partial charge in [0, 0.05) is 18.5 Å². The third kappa shape index (κ3) is 2.21. The average Bonchev–Trinajstić information content (AvgIpc) is 2.49. The van der Waals surface area contributed by atoms with Gasteiger partial charge in [0.05, 0.1) is 0 Å². The molecule has 0 amide bonds. The van der Waals surface area contributed by atoms with E-state index in [0.29, 0.717) is 19.3 Å². The van der Waals surface area contributed by atoms with Crippen LogP contribution in [-0.2, 0) is 16.1 Å². The van der Waals surface area contributed by atoms with Crippen LogP contribution >= 0.6 is 0 Å². The van der Waals surface area contributed by atoms with Gasteiger partial charge in [-0.05, 0) is 31.2 Å². The summed E-state index contributed by atoms with van der Waals surface area (Å²) in [4.78, 5) is 26.6. The monoisotopic (exact) mass is 270 g/mol. The number of nitrogens with zero attached hydrogens (tertiary/aromatic N) is 1. The number of hydrogen-bond donors (Lipinski definition) is 1. The standard InChI is InChI=1S/C16H18N2O2/c19-12-18-16-8-6-15(7-9-16,10-14(16)20)17-11-13-4-2-1-3-5-13/h1-5,17H,6-11H2. The minimum absolute atomic E-state index is 0.0962. The Labute approximate surface area is 118 Å².